The van der Waals surface area contributed by atoms with Crippen LogP contribution in [0.2, 0.25) is 0 Å². The first-order valence-electron chi connectivity index (χ1n) is 6.14. The van der Waals surface area contributed by atoms with Gasteiger partial charge in [-0.3, -0.25) is 4.72 Å². The molecule has 0 radical (unpaired) electrons. The zero-order valence-electron chi connectivity index (χ0n) is 11.5. The SMILES string of the molecule is CCc1cc(Br)ccc1NS(=O)(=O)c1cn(C)c(C)n1. The summed E-state index contributed by atoms with van der Waals surface area (Å²) >= 11 is 3.38. The van der Waals surface area contributed by atoms with Gasteiger partial charge in [0, 0.05) is 17.7 Å². The van der Waals surface area contributed by atoms with Crippen molar-refractivity contribution in [2.75, 3.05) is 4.72 Å². The Morgan fingerprint density at radius 2 is 2.10 bits per heavy atom. The van der Waals surface area contributed by atoms with E-state index in [1.807, 2.05) is 13.0 Å². The third kappa shape index (κ3) is 3.04. The van der Waals surface area contributed by atoms with Crippen molar-refractivity contribution in [2.45, 2.75) is 25.3 Å². The number of anilines is 1. The van der Waals surface area contributed by atoms with E-state index < -0.39 is 10.0 Å². The number of aryl methyl sites for hydroxylation is 3. The third-order valence-electron chi connectivity index (χ3n) is 3.05. The second-order valence-electron chi connectivity index (χ2n) is 4.50. The van der Waals surface area contributed by atoms with Gasteiger partial charge in [-0.05, 0) is 37.1 Å². The summed E-state index contributed by atoms with van der Waals surface area (Å²) in [6, 6.07) is 5.46. The average molecular weight is 358 g/mol. The Balaban J connectivity index is 2.38. The largest absolute Gasteiger partial charge is 0.337 e. The predicted octanol–water partition coefficient (Wildman–Crippen LogP) is 2.85. The Bertz CT molecular complexity index is 719. The number of imidazole rings is 1. The molecule has 0 atom stereocenters. The quantitative estimate of drug-likeness (QED) is 0.914. The number of nitrogens with one attached hydrogen (secondary N) is 1. The van der Waals surface area contributed by atoms with Gasteiger partial charge in [0.25, 0.3) is 10.0 Å². The maximum Gasteiger partial charge on any atom is 0.280 e. The van der Waals surface area contributed by atoms with Crippen LogP contribution in [0, 0.1) is 6.92 Å². The van der Waals surface area contributed by atoms with Gasteiger partial charge in [-0.15, -0.1) is 0 Å². The van der Waals surface area contributed by atoms with Crippen LogP contribution in [-0.2, 0) is 23.5 Å². The van der Waals surface area contributed by atoms with Gasteiger partial charge >= 0.3 is 0 Å². The lowest BCUT2D eigenvalue weighted by Crippen LogP contribution is -2.14. The maximum absolute atomic E-state index is 12.3. The number of hydrogen-bond donors (Lipinski definition) is 1. The van der Waals surface area contributed by atoms with Crippen molar-refractivity contribution < 1.29 is 8.42 Å². The molecular formula is C13H16BrN3O2S. The number of halogens is 1. The van der Waals surface area contributed by atoms with E-state index >= 15 is 0 Å². The number of hydrogen-bond acceptors (Lipinski definition) is 3. The average Bonchev–Trinajstić information content (AvgIpc) is 2.72. The second-order valence-corrected chi connectivity index (χ2v) is 7.04. The van der Waals surface area contributed by atoms with E-state index in [2.05, 4.69) is 25.6 Å². The van der Waals surface area contributed by atoms with Gasteiger partial charge in [-0.25, -0.2) is 4.98 Å². The molecule has 0 aliphatic heterocycles. The van der Waals surface area contributed by atoms with E-state index in [-0.39, 0.29) is 5.03 Å². The molecule has 20 heavy (non-hydrogen) atoms. The molecule has 0 spiro atoms. The van der Waals surface area contributed by atoms with Crippen LogP contribution in [0.25, 0.3) is 0 Å². The Morgan fingerprint density at radius 1 is 1.40 bits per heavy atom. The van der Waals surface area contributed by atoms with Crippen LogP contribution in [0.3, 0.4) is 0 Å². The van der Waals surface area contributed by atoms with E-state index in [1.165, 1.54) is 6.20 Å². The summed E-state index contributed by atoms with van der Waals surface area (Å²) in [7, 11) is -1.90. The predicted molar refractivity (Wildman–Crippen MR) is 82.3 cm³/mol. The highest BCUT2D eigenvalue weighted by Crippen LogP contribution is 2.24. The number of nitrogens with zero attached hydrogens (tertiary/aromatic N) is 2. The summed E-state index contributed by atoms with van der Waals surface area (Å²) in [6.45, 7) is 3.74. The van der Waals surface area contributed by atoms with Crippen LogP contribution < -0.4 is 4.72 Å². The smallest absolute Gasteiger partial charge is 0.280 e. The summed E-state index contributed by atoms with van der Waals surface area (Å²) in [4.78, 5) is 4.05. The summed E-state index contributed by atoms with van der Waals surface area (Å²) in [6.07, 6.45) is 2.24. The van der Waals surface area contributed by atoms with Gasteiger partial charge in [0.05, 0.1) is 5.69 Å². The first kappa shape index (κ1) is 15.1. The summed E-state index contributed by atoms with van der Waals surface area (Å²) in [5, 5.41) is 0.0301. The van der Waals surface area contributed by atoms with E-state index in [1.54, 1.807) is 30.7 Å². The molecule has 1 aromatic heterocycles. The van der Waals surface area contributed by atoms with Gasteiger partial charge in [0.1, 0.15) is 5.82 Å². The van der Waals surface area contributed by atoms with Crippen LogP contribution in [-0.4, -0.2) is 18.0 Å². The molecular weight excluding hydrogens is 342 g/mol. The molecule has 0 bridgehead atoms. The van der Waals surface area contributed by atoms with Crippen LogP contribution >= 0.6 is 15.9 Å². The van der Waals surface area contributed by atoms with Gasteiger partial charge in [0.15, 0.2) is 5.03 Å². The van der Waals surface area contributed by atoms with Gasteiger partial charge in [-0.2, -0.15) is 8.42 Å². The summed E-state index contributed by atoms with van der Waals surface area (Å²) in [5.41, 5.74) is 1.51. The fourth-order valence-electron chi connectivity index (χ4n) is 1.81. The number of aromatic nitrogens is 2. The van der Waals surface area contributed by atoms with Gasteiger partial charge in [-0.1, -0.05) is 22.9 Å². The standard InChI is InChI=1S/C13H16BrN3O2S/c1-4-10-7-11(14)5-6-12(10)16-20(18,19)13-8-17(3)9(2)15-13/h5-8,16H,4H2,1-3H3. The minimum Gasteiger partial charge on any atom is -0.337 e. The fourth-order valence-corrected chi connectivity index (χ4v) is 3.36. The second kappa shape index (κ2) is 5.57. The van der Waals surface area contributed by atoms with Crippen molar-refractivity contribution in [3.05, 3.63) is 40.3 Å². The van der Waals surface area contributed by atoms with Crippen molar-refractivity contribution in [1.82, 2.24) is 9.55 Å². The van der Waals surface area contributed by atoms with Crippen molar-refractivity contribution >= 4 is 31.6 Å². The molecule has 5 nitrogen and oxygen atoms in total. The molecule has 0 fully saturated rings. The molecule has 7 heteroatoms. The van der Waals surface area contributed by atoms with Crippen molar-refractivity contribution in [3.8, 4) is 0 Å². The molecule has 0 saturated carbocycles. The van der Waals surface area contributed by atoms with E-state index in [0.717, 1.165) is 16.5 Å². The van der Waals surface area contributed by atoms with Crippen molar-refractivity contribution in [1.29, 1.82) is 0 Å². The van der Waals surface area contributed by atoms with Gasteiger partial charge in [0.2, 0.25) is 0 Å². The topological polar surface area (TPSA) is 64.0 Å². The molecule has 0 saturated heterocycles. The van der Waals surface area contributed by atoms with Crippen molar-refractivity contribution in [2.24, 2.45) is 7.05 Å². The normalized spacial score (nSPS) is 11.6. The van der Waals surface area contributed by atoms with E-state index in [4.69, 9.17) is 0 Å². The molecule has 1 heterocycles. The molecule has 0 aliphatic rings. The Labute approximate surface area is 127 Å². The van der Waals surface area contributed by atoms with E-state index in [0.29, 0.717) is 11.5 Å². The number of sulfonamides is 1. The Hall–Kier alpha value is -1.34. The first-order valence-corrected chi connectivity index (χ1v) is 8.42. The first-order chi connectivity index (χ1) is 9.33. The minimum absolute atomic E-state index is 0.0301. The van der Waals surface area contributed by atoms with Crippen LogP contribution in [0.15, 0.2) is 33.9 Å². The molecule has 1 aromatic carbocycles. The molecule has 0 aliphatic carbocycles. The highest BCUT2D eigenvalue weighted by molar-refractivity contribution is 9.10. The zero-order chi connectivity index (χ0) is 14.9. The third-order valence-corrected chi connectivity index (χ3v) is 4.78. The number of rotatable bonds is 4. The minimum atomic E-state index is -3.66. The number of benzene rings is 1. The maximum atomic E-state index is 12.3. The van der Waals surface area contributed by atoms with Crippen LogP contribution in [0.5, 0.6) is 0 Å². The molecule has 2 aromatic rings. The highest BCUT2D eigenvalue weighted by Gasteiger charge is 2.19. The lowest BCUT2D eigenvalue weighted by molar-refractivity contribution is 0.598. The van der Waals surface area contributed by atoms with E-state index in [9.17, 15) is 8.42 Å². The Kier molecular flexibility index (Phi) is 4.19. The molecule has 0 amide bonds. The summed E-state index contributed by atoms with van der Waals surface area (Å²) in [5.74, 6) is 0.650. The van der Waals surface area contributed by atoms with Crippen LogP contribution in [0.4, 0.5) is 5.69 Å². The van der Waals surface area contributed by atoms with Crippen LogP contribution in [0.1, 0.15) is 18.3 Å². The molecule has 1 N–H and O–H groups in total. The zero-order valence-corrected chi connectivity index (χ0v) is 13.9. The van der Waals surface area contributed by atoms with Gasteiger partial charge < -0.3 is 4.57 Å². The Morgan fingerprint density at radius 3 is 2.65 bits per heavy atom. The molecule has 108 valence electrons. The lowest BCUT2D eigenvalue weighted by Gasteiger charge is -2.10. The monoisotopic (exact) mass is 357 g/mol. The van der Waals surface area contributed by atoms with Crippen molar-refractivity contribution in [3.63, 3.8) is 0 Å². The summed E-state index contributed by atoms with van der Waals surface area (Å²) < 4.78 is 29.8. The molecule has 2 rings (SSSR count). The lowest BCUT2D eigenvalue weighted by atomic mass is 10.1. The highest BCUT2D eigenvalue weighted by atomic mass is 79.9. The molecule has 0 unspecified atom stereocenters. The fraction of sp³-hybridized carbons (Fsp3) is 0.308.